The lowest BCUT2D eigenvalue weighted by Gasteiger charge is -2.16. The van der Waals surface area contributed by atoms with Crippen molar-refractivity contribution in [2.45, 2.75) is 29.4 Å². The molecule has 1 aromatic carbocycles. The molecule has 4 atom stereocenters. The number of anilines is 1. The molecule has 1 aliphatic rings. The summed E-state index contributed by atoms with van der Waals surface area (Å²) < 4.78 is 9.88. The van der Waals surface area contributed by atoms with Crippen molar-refractivity contribution in [2.75, 3.05) is 11.3 Å². The minimum atomic E-state index is -1.28. The van der Waals surface area contributed by atoms with Crippen LogP contribution in [0.3, 0.4) is 0 Å². The topological polar surface area (TPSA) is 169 Å². The first kappa shape index (κ1) is 19.5. The van der Waals surface area contributed by atoms with Crippen LogP contribution < -0.4 is 4.72 Å². The molecular weight excluding hydrogens is 404 g/mol. The maximum absolute atomic E-state index is 11.2. The number of nitrogens with one attached hydrogen (secondary N) is 1. The Morgan fingerprint density at radius 2 is 2.03 bits per heavy atom. The molecule has 4 unspecified atom stereocenters. The van der Waals surface area contributed by atoms with E-state index in [-0.39, 0.29) is 5.69 Å². The molecule has 0 saturated carbocycles. The van der Waals surface area contributed by atoms with Gasteiger partial charge in [0, 0.05) is 6.07 Å². The van der Waals surface area contributed by atoms with Crippen molar-refractivity contribution in [2.24, 2.45) is 0 Å². The second kappa shape index (κ2) is 7.88. The molecule has 0 spiro atoms. The van der Waals surface area contributed by atoms with E-state index in [1.807, 2.05) is 0 Å². The van der Waals surface area contributed by atoms with Crippen molar-refractivity contribution in [1.82, 2.24) is 19.5 Å². The third-order valence-corrected chi connectivity index (χ3v) is 5.33. The van der Waals surface area contributed by atoms with E-state index in [2.05, 4.69) is 19.7 Å². The predicted octanol–water partition coefficient (Wildman–Crippen LogP) is 0.465. The zero-order valence-corrected chi connectivity index (χ0v) is 15.5. The number of hydrogen-bond donors (Lipinski definition) is 4. The fourth-order valence-corrected chi connectivity index (χ4v) is 3.77. The maximum Gasteiger partial charge on any atom is 0.284 e. The van der Waals surface area contributed by atoms with Crippen LogP contribution >= 0.6 is 11.9 Å². The van der Waals surface area contributed by atoms with Crippen LogP contribution in [0.4, 0.5) is 11.5 Å². The van der Waals surface area contributed by atoms with Crippen molar-refractivity contribution < 1.29 is 25.0 Å². The Morgan fingerprint density at radius 1 is 1.24 bits per heavy atom. The van der Waals surface area contributed by atoms with Gasteiger partial charge >= 0.3 is 0 Å². The molecule has 0 radical (unpaired) electrons. The summed E-state index contributed by atoms with van der Waals surface area (Å²) in [5.74, 6) is 0.309. The lowest BCUT2D eigenvalue weighted by molar-refractivity contribution is -0.387. The minimum Gasteiger partial charge on any atom is -0.394 e. The highest BCUT2D eigenvalue weighted by Gasteiger charge is 2.44. The molecular formula is C16H16N6O6S. The highest BCUT2D eigenvalue weighted by Crippen LogP contribution is 2.34. The van der Waals surface area contributed by atoms with E-state index < -0.39 is 36.1 Å². The Morgan fingerprint density at radius 3 is 2.76 bits per heavy atom. The maximum atomic E-state index is 11.2. The number of aliphatic hydroxyl groups is 3. The van der Waals surface area contributed by atoms with Crippen LogP contribution in [0, 0.1) is 10.1 Å². The molecule has 1 saturated heterocycles. The van der Waals surface area contributed by atoms with Crippen molar-refractivity contribution in [3.8, 4) is 0 Å². The van der Waals surface area contributed by atoms with Gasteiger partial charge in [0.2, 0.25) is 0 Å². The molecule has 4 rings (SSSR count). The monoisotopic (exact) mass is 420 g/mol. The van der Waals surface area contributed by atoms with Gasteiger partial charge in [-0.25, -0.2) is 15.0 Å². The Kier molecular flexibility index (Phi) is 5.29. The van der Waals surface area contributed by atoms with Crippen molar-refractivity contribution in [1.29, 1.82) is 0 Å². The van der Waals surface area contributed by atoms with E-state index in [0.29, 0.717) is 21.9 Å². The number of nitrogens with zero attached hydrogens (tertiary/aromatic N) is 5. The van der Waals surface area contributed by atoms with Gasteiger partial charge in [-0.15, -0.1) is 0 Å². The second-order valence-electron chi connectivity index (χ2n) is 6.20. The molecule has 4 N–H and O–H groups in total. The summed E-state index contributed by atoms with van der Waals surface area (Å²) in [4.78, 5) is 23.6. The molecule has 1 aliphatic heterocycles. The summed E-state index contributed by atoms with van der Waals surface area (Å²) in [6.45, 7) is -0.449. The van der Waals surface area contributed by atoms with Crippen molar-refractivity contribution in [3.05, 3.63) is 47.0 Å². The van der Waals surface area contributed by atoms with E-state index in [1.165, 1.54) is 23.3 Å². The number of ether oxygens (including phenoxy) is 1. The van der Waals surface area contributed by atoms with E-state index in [1.54, 1.807) is 18.2 Å². The smallest absolute Gasteiger partial charge is 0.284 e. The summed E-state index contributed by atoms with van der Waals surface area (Å²) >= 11 is 1.00. The molecule has 12 nitrogen and oxygen atoms in total. The predicted molar refractivity (Wildman–Crippen MR) is 101 cm³/mol. The summed E-state index contributed by atoms with van der Waals surface area (Å²) in [6.07, 6.45) is -1.81. The van der Waals surface area contributed by atoms with Crippen LogP contribution in [0.15, 0.2) is 41.8 Å². The number of benzene rings is 1. The molecule has 13 heteroatoms. The fourth-order valence-electron chi connectivity index (χ4n) is 3.02. The van der Waals surface area contributed by atoms with Crippen LogP contribution in [0.1, 0.15) is 6.23 Å². The SMILES string of the molecule is O=[N+]([O-])c1ccccc1SNc1ncnc2c1ncn2C1OC(CO)C(O)C1O. The molecule has 0 aliphatic carbocycles. The first-order valence-electron chi connectivity index (χ1n) is 8.47. The number of imidazole rings is 1. The van der Waals surface area contributed by atoms with Gasteiger partial charge in [-0.1, -0.05) is 12.1 Å². The van der Waals surface area contributed by atoms with E-state index in [0.717, 1.165) is 11.9 Å². The third-order valence-electron chi connectivity index (χ3n) is 4.47. The summed E-state index contributed by atoms with van der Waals surface area (Å²) in [6, 6.07) is 6.26. The van der Waals surface area contributed by atoms with Gasteiger partial charge in [-0.3, -0.25) is 14.7 Å². The van der Waals surface area contributed by atoms with Gasteiger partial charge in [0.05, 0.1) is 17.9 Å². The van der Waals surface area contributed by atoms with Gasteiger partial charge in [0.1, 0.15) is 29.5 Å². The van der Waals surface area contributed by atoms with Gasteiger partial charge in [0.25, 0.3) is 5.69 Å². The van der Waals surface area contributed by atoms with Crippen LogP contribution in [0.2, 0.25) is 0 Å². The average Bonchev–Trinajstić information content (AvgIpc) is 3.28. The first-order valence-corrected chi connectivity index (χ1v) is 9.29. The number of rotatable bonds is 6. The Balaban J connectivity index is 1.61. The zero-order chi connectivity index (χ0) is 20.5. The Labute approximate surface area is 167 Å². The lowest BCUT2D eigenvalue weighted by Crippen LogP contribution is -2.33. The number of hydrogen-bond acceptors (Lipinski definition) is 11. The molecule has 2 aromatic heterocycles. The number of aromatic nitrogens is 4. The molecule has 1 fully saturated rings. The standard InChI is InChI=1S/C16H16N6O6S/c23-5-9-12(24)13(25)16(28-9)21-7-19-11-14(17-6-18-15(11)21)20-29-10-4-2-1-3-8(10)22(26)27/h1-4,6-7,9,12-13,16,23-25H,5H2,(H,17,18,20). The number of nitro groups is 1. The van der Waals surface area contributed by atoms with Crippen LogP contribution in [-0.4, -0.2) is 64.7 Å². The fraction of sp³-hybridized carbons (Fsp3) is 0.312. The van der Waals surface area contributed by atoms with Crippen LogP contribution in [0.25, 0.3) is 11.2 Å². The molecule has 3 heterocycles. The Bertz CT molecular complexity index is 1050. The summed E-state index contributed by atoms with van der Waals surface area (Å²) in [5.41, 5.74) is 0.615. The lowest BCUT2D eigenvalue weighted by atomic mass is 10.1. The minimum absolute atomic E-state index is 0.0488. The van der Waals surface area contributed by atoms with Crippen molar-refractivity contribution in [3.63, 3.8) is 0 Å². The van der Waals surface area contributed by atoms with E-state index >= 15 is 0 Å². The molecule has 0 bridgehead atoms. The van der Waals surface area contributed by atoms with Gasteiger partial charge in [-0.05, 0) is 18.0 Å². The zero-order valence-electron chi connectivity index (χ0n) is 14.7. The highest BCUT2D eigenvalue weighted by molar-refractivity contribution is 8.00. The van der Waals surface area contributed by atoms with Gasteiger partial charge < -0.3 is 24.8 Å². The van der Waals surface area contributed by atoms with E-state index in [4.69, 9.17) is 4.74 Å². The quantitative estimate of drug-likeness (QED) is 0.248. The number of para-hydroxylation sites is 1. The third kappa shape index (κ3) is 3.49. The van der Waals surface area contributed by atoms with E-state index in [9.17, 15) is 25.4 Å². The number of fused-ring (bicyclic) bond motifs is 1. The van der Waals surface area contributed by atoms with Crippen molar-refractivity contribution >= 4 is 34.6 Å². The average molecular weight is 420 g/mol. The van der Waals surface area contributed by atoms with Gasteiger partial charge in [0.15, 0.2) is 23.2 Å². The normalized spacial score (nSPS) is 24.1. The highest BCUT2D eigenvalue weighted by atomic mass is 32.2. The van der Waals surface area contributed by atoms with Crippen LogP contribution in [0.5, 0.6) is 0 Å². The summed E-state index contributed by atoms with van der Waals surface area (Å²) in [7, 11) is 0. The number of aliphatic hydroxyl groups excluding tert-OH is 3. The summed E-state index contributed by atoms with van der Waals surface area (Å²) in [5, 5.41) is 40.6. The molecule has 152 valence electrons. The number of nitro benzene ring substituents is 1. The Hall–Kier alpha value is -2.84. The largest absolute Gasteiger partial charge is 0.394 e. The molecule has 3 aromatic rings. The first-order chi connectivity index (χ1) is 14.0. The van der Waals surface area contributed by atoms with Crippen LogP contribution in [-0.2, 0) is 4.74 Å². The molecule has 29 heavy (non-hydrogen) atoms. The van der Waals surface area contributed by atoms with Gasteiger partial charge in [-0.2, -0.15) is 0 Å². The second-order valence-corrected chi connectivity index (χ2v) is 7.05. The molecule has 0 amide bonds.